The summed E-state index contributed by atoms with van der Waals surface area (Å²) in [6.07, 6.45) is 6.21. The largest absolute Gasteiger partial charge is 0.261 e. The minimum Gasteiger partial charge on any atom is -0.261 e. The normalized spacial score (nSPS) is 14.5. The summed E-state index contributed by atoms with van der Waals surface area (Å²) in [5, 5.41) is 0. The van der Waals surface area contributed by atoms with Crippen LogP contribution in [0.2, 0.25) is 0 Å². The van der Waals surface area contributed by atoms with Crippen LogP contribution >= 0.6 is 0 Å². The van der Waals surface area contributed by atoms with Crippen molar-refractivity contribution in [3.63, 3.8) is 0 Å². The second kappa shape index (κ2) is 4.41. The number of nitrogens with zero attached hydrogens (tertiary/aromatic N) is 3. The van der Waals surface area contributed by atoms with Crippen molar-refractivity contribution in [2.45, 2.75) is 25.5 Å². The van der Waals surface area contributed by atoms with E-state index in [0.717, 1.165) is 0 Å². The molecule has 0 aliphatic carbocycles. The van der Waals surface area contributed by atoms with Crippen LogP contribution < -0.4 is 0 Å². The molecule has 76 valence electrons. The van der Waals surface area contributed by atoms with Crippen molar-refractivity contribution in [1.82, 2.24) is 9.97 Å². The first-order valence-electron chi connectivity index (χ1n) is 4.22. The van der Waals surface area contributed by atoms with Gasteiger partial charge in [-0.25, -0.2) is 4.21 Å². The number of aromatic nitrogens is 2. The van der Waals surface area contributed by atoms with E-state index < -0.39 is 11.0 Å². The fourth-order valence-corrected chi connectivity index (χ4v) is 1.16. The van der Waals surface area contributed by atoms with Gasteiger partial charge in [-0.2, -0.15) is 4.40 Å². The molecule has 1 unspecified atom stereocenters. The molecule has 0 fully saturated rings. The van der Waals surface area contributed by atoms with Crippen molar-refractivity contribution in [3.8, 4) is 0 Å². The minimum absolute atomic E-state index is 0.335. The van der Waals surface area contributed by atoms with Crippen LogP contribution in [-0.4, -0.2) is 25.1 Å². The minimum atomic E-state index is -1.24. The quantitative estimate of drug-likeness (QED) is 0.694. The summed E-state index contributed by atoms with van der Waals surface area (Å²) in [5.74, 6) is 0. The van der Waals surface area contributed by atoms with E-state index in [4.69, 9.17) is 0 Å². The number of rotatable bonds is 2. The average Bonchev–Trinajstić information content (AvgIpc) is 2.14. The maximum atomic E-state index is 11.5. The monoisotopic (exact) mass is 211 g/mol. The van der Waals surface area contributed by atoms with Crippen molar-refractivity contribution in [2.75, 3.05) is 0 Å². The van der Waals surface area contributed by atoms with Gasteiger partial charge in [0.1, 0.15) is 16.7 Å². The van der Waals surface area contributed by atoms with E-state index in [0.29, 0.717) is 5.69 Å². The Bertz CT molecular complexity index is 343. The maximum Gasteiger partial charge on any atom is 0.144 e. The molecule has 1 aromatic rings. The molecule has 1 aromatic heterocycles. The first kappa shape index (κ1) is 11.0. The molecule has 1 heterocycles. The third-order valence-corrected chi connectivity index (χ3v) is 2.73. The predicted molar refractivity (Wildman–Crippen MR) is 57.5 cm³/mol. The summed E-state index contributed by atoms with van der Waals surface area (Å²) in [6, 6.07) is 0. The van der Waals surface area contributed by atoms with Gasteiger partial charge < -0.3 is 0 Å². The van der Waals surface area contributed by atoms with E-state index in [1.54, 1.807) is 18.6 Å². The van der Waals surface area contributed by atoms with Gasteiger partial charge in [-0.15, -0.1) is 0 Å². The highest BCUT2D eigenvalue weighted by Gasteiger charge is 2.18. The van der Waals surface area contributed by atoms with Crippen molar-refractivity contribution in [1.29, 1.82) is 0 Å². The Kier molecular flexibility index (Phi) is 3.46. The second-order valence-electron chi connectivity index (χ2n) is 3.73. The second-order valence-corrected chi connectivity index (χ2v) is 5.66. The number of hydrogen-bond donors (Lipinski definition) is 0. The third kappa shape index (κ3) is 3.33. The molecule has 4 nitrogen and oxygen atoms in total. The molecule has 0 N–H and O–H groups in total. The Labute approximate surface area is 86.1 Å². The fraction of sp³-hybridized carbons (Fsp3) is 0.444. The summed E-state index contributed by atoms with van der Waals surface area (Å²) in [4.78, 5) is 7.86. The molecule has 0 saturated carbocycles. The lowest BCUT2D eigenvalue weighted by Crippen LogP contribution is -2.19. The van der Waals surface area contributed by atoms with E-state index in [9.17, 15) is 4.21 Å². The van der Waals surface area contributed by atoms with E-state index in [2.05, 4.69) is 14.4 Å². The van der Waals surface area contributed by atoms with E-state index in [1.165, 1.54) is 6.21 Å². The van der Waals surface area contributed by atoms with Crippen molar-refractivity contribution in [2.24, 2.45) is 4.40 Å². The van der Waals surface area contributed by atoms with Crippen molar-refractivity contribution in [3.05, 3.63) is 24.3 Å². The van der Waals surface area contributed by atoms with Gasteiger partial charge in [0.25, 0.3) is 0 Å². The molecule has 0 radical (unpaired) electrons. The van der Waals surface area contributed by atoms with Crippen molar-refractivity contribution < 1.29 is 4.21 Å². The van der Waals surface area contributed by atoms with Gasteiger partial charge in [0.2, 0.25) is 0 Å². The highest BCUT2D eigenvalue weighted by Crippen LogP contribution is 2.11. The average molecular weight is 211 g/mol. The summed E-state index contributed by atoms with van der Waals surface area (Å²) < 4.78 is 15.1. The zero-order valence-corrected chi connectivity index (χ0v) is 9.28. The van der Waals surface area contributed by atoms with Gasteiger partial charge in [-0.3, -0.25) is 9.97 Å². The molecular weight excluding hydrogens is 198 g/mol. The summed E-state index contributed by atoms with van der Waals surface area (Å²) in [5.41, 5.74) is 0.616. The molecule has 0 aromatic carbocycles. The van der Waals surface area contributed by atoms with Gasteiger partial charge in [0.05, 0.1) is 17.2 Å². The molecule has 0 aliphatic heterocycles. The van der Waals surface area contributed by atoms with E-state index in [-0.39, 0.29) is 4.75 Å². The standard InChI is InChI=1S/C9H13N3OS/c1-9(2,3)14(13)12-7-8-6-10-4-5-11-8/h4-7H,1-3H3. The molecule has 1 rings (SSSR count). The van der Waals surface area contributed by atoms with Crippen LogP contribution in [0, 0.1) is 0 Å². The SMILES string of the molecule is CC(C)(C)S(=O)N=Cc1cnccn1. The third-order valence-electron chi connectivity index (χ3n) is 1.39. The predicted octanol–water partition coefficient (Wildman–Crippen LogP) is 1.36. The van der Waals surface area contributed by atoms with Crippen LogP contribution in [-0.2, 0) is 11.0 Å². The lowest BCUT2D eigenvalue weighted by Gasteiger charge is -2.12. The molecule has 0 aliphatic rings. The molecule has 0 bridgehead atoms. The smallest absolute Gasteiger partial charge is 0.144 e. The fourth-order valence-electron chi connectivity index (χ4n) is 0.637. The Morgan fingerprint density at radius 2 is 2.14 bits per heavy atom. The van der Waals surface area contributed by atoms with Gasteiger partial charge in [-0.1, -0.05) is 0 Å². The molecule has 0 saturated heterocycles. The van der Waals surface area contributed by atoms with Crippen LogP contribution in [0.25, 0.3) is 0 Å². The van der Waals surface area contributed by atoms with Gasteiger partial charge in [0, 0.05) is 12.4 Å². The van der Waals surface area contributed by atoms with Crippen LogP contribution in [0.4, 0.5) is 0 Å². The van der Waals surface area contributed by atoms with E-state index >= 15 is 0 Å². The highest BCUT2D eigenvalue weighted by molar-refractivity contribution is 7.85. The summed E-state index contributed by atoms with van der Waals surface area (Å²) in [7, 11) is -1.24. The van der Waals surface area contributed by atoms with Gasteiger partial charge in [0.15, 0.2) is 0 Å². The zero-order chi connectivity index (χ0) is 10.6. The summed E-state index contributed by atoms with van der Waals surface area (Å²) >= 11 is 0. The van der Waals surface area contributed by atoms with Crippen molar-refractivity contribution >= 4 is 17.2 Å². The lowest BCUT2D eigenvalue weighted by molar-refractivity contribution is 0.651. The Morgan fingerprint density at radius 3 is 2.64 bits per heavy atom. The lowest BCUT2D eigenvalue weighted by atomic mass is 10.3. The van der Waals surface area contributed by atoms with Crippen LogP contribution in [0.5, 0.6) is 0 Å². The van der Waals surface area contributed by atoms with Crippen LogP contribution in [0.3, 0.4) is 0 Å². The Morgan fingerprint density at radius 1 is 1.43 bits per heavy atom. The van der Waals surface area contributed by atoms with Gasteiger partial charge in [-0.05, 0) is 20.8 Å². The topological polar surface area (TPSA) is 55.2 Å². The first-order valence-corrected chi connectivity index (χ1v) is 5.33. The Balaban J connectivity index is 2.71. The molecule has 14 heavy (non-hydrogen) atoms. The molecular formula is C9H13N3OS. The zero-order valence-electron chi connectivity index (χ0n) is 8.47. The van der Waals surface area contributed by atoms with Crippen LogP contribution in [0.1, 0.15) is 26.5 Å². The highest BCUT2D eigenvalue weighted by atomic mass is 32.2. The molecule has 5 heteroatoms. The molecule has 0 amide bonds. The maximum absolute atomic E-state index is 11.5. The van der Waals surface area contributed by atoms with Gasteiger partial charge >= 0.3 is 0 Å². The molecule has 0 spiro atoms. The molecule has 1 atom stereocenters. The van der Waals surface area contributed by atoms with E-state index in [1.807, 2.05) is 20.8 Å². The number of hydrogen-bond acceptors (Lipinski definition) is 3. The Hall–Kier alpha value is -1.10. The van der Waals surface area contributed by atoms with Crippen LogP contribution in [0.15, 0.2) is 23.0 Å². The first-order chi connectivity index (χ1) is 6.50. The summed E-state index contributed by atoms with van der Waals surface area (Å²) in [6.45, 7) is 5.62.